The van der Waals surface area contributed by atoms with Crippen LogP contribution in [0.15, 0.2) is 47.1 Å². The Hall–Kier alpha value is -2.84. The van der Waals surface area contributed by atoms with Crippen LogP contribution >= 0.6 is 0 Å². The molecule has 0 aliphatic heterocycles. The lowest BCUT2D eigenvalue weighted by Crippen LogP contribution is -2.20. The van der Waals surface area contributed by atoms with Gasteiger partial charge in [0.2, 0.25) is 0 Å². The van der Waals surface area contributed by atoms with E-state index in [9.17, 15) is 0 Å². The van der Waals surface area contributed by atoms with E-state index in [0.29, 0.717) is 17.9 Å². The monoisotopic (exact) mass is 293 g/mol. The number of rotatable bonds is 4. The van der Waals surface area contributed by atoms with Gasteiger partial charge in [0.05, 0.1) is 12.2 Å². The van der Waals surface area contributed by atoms with Crippen LogP contribution in [0.4, 0.5) is 5.69 Å². The Morgan fingerprint density at radius 1 is 1.32 bits per heavy atom. The zero-order valence-corrected chi connectivity index (χ0v) is 12.2. The molecule has 0 fully saturated rings. The quantitative estimate of drug-likeness (QED) is 0.800. The molecule has 0 unspecified atom stereocenters. The maximum absolute atomic E-state index is 9.17. The average Bonchev–Trinajstić information content (AvgIpc) is 2.97. The minimum Gasteiger partial charge on any atom is -0.456 e. The Morgan fingerprint density at radius 3 is 2.95 bits per heavy atom. The number of aliphatic hydroxyl groups is 1. The normalized spacial score (nSPS) is 10.6. The average molecular weight is 293 g/mol. The number of fused-ring (bicyclic) bond motifs is 1. The fourth-order valence-corrected chi connectivity index (χ4v) is 2.38. The van der Waals surface area contributed by atoms with Crippen molar-refractivity contribution < 1.29 is 9.52 Å². The Labute approximate surface area is 128 Å². The zero-order chi connectivity index (χ0) is 15.5. The van der Waals surface area contributed by atoms with Gasteiger partial charge in [-0.1, -0.05) is 0 Å². The lowest BCUT2D eigenvalue weighted by atomic mass is 10.1. The number of aromatic nitrogens is 1. The minimum absolute atomic E-state index is 0.105. The van der Waals surface area contributed by atoms with Gasteiger partial charge in [-0.2, -0.15) is 5.26 Å². The molecule has 0 amide bonds. The minimum atomic E-state index is 0.105. The van der Waals surface area contributed by atoms with Gasteiger partial charge in [0.15, 0.2) is 0 Å². The van der Waals surface area contributed by atoms with Crippen LogP contribution in [-0.4, -0.2) is 30.3 Å². The summed E-state index contributed by atoms with van der Waals surface area (Å²) in [7, 11) is 1.93. The van der Waals surface area contributed by atoms with Crippen molar-refractivity contribution in [2.75, 3.05) is 25.1 Å². The fourth-order valence-electron chi connectivity index (χ4n) is 2.38. The Morgan fingerprint density at radius 2 is 2.18 bits per heavy atom. The van der Waals surface area contributed by atoms with Gasteiger partial charge >= 0.3 is 0 Å². The molecule has 2 heterocycles. The van der Waals surface area contributed by atoms with Crippen molar-refractivity contribution in [2.24, 2.45) is 0 Å². The van der Waals surface area contributed by atoms with Gasteiger partial charge in [0.25, 0.3) is 0 Å². The number of likely N-dealkylation sites (N-methyl/N-ethyl adjacent to an activating group) is 1. The number of nitriles is 1. The summed E-state index contributed by atoms with van der Waals surface area (Å²) in [4.78, 5) is 5.93. The number of benzene rings is 1. The highest BCUT2D eigenvalue weighted by Crippen LogP contribution is 2.31. The predicted octanol–water partition coefficient (Wildman–Crippen LogP) is 2.79. The molecule has 0 saturated heterocycles. The molecule has 1 aromatic carbocycles. The topological polar surface area (TPSA) is 73.3 Å². The molecule has 0 saturated carbocycles. The van der Waals surface area contributed by atoms with E-state index in [0.717, 1.165) is 22.2 Å². The van der Waals surface area contributed by atoms with Crippen molar-refractivity contribution >= 4 is 16.7 Å². The summed E-state index contributed by atoms with van der Waals surface area (Å²) in [6, 6.07) is 11.7. The van der Waals surface area contributed by atoms with E-state index < -0.39 is 0 Å². The second kappa shape index (κ2) is 5.88. The van der Waals surface area contributed by atoms with Crippen LogP contribution in [0.1, 0.15) is 5.56 Å². The van der Waals surface area contributed by atoms with Gasteiger partial charge in [0, 0.05) is 42.6 Å². The van der Waals surface area contributed by atoms with Crippen molar-refractivity contribution in [1.29, 1.82) is 5.26 Å². The summed E-state index contributed by atoms with van der Waals surface area (Å²) in [5.41, 5.74) is 2.99. The Kier molecular flexibility index (Phi) is 3.77. The highest BCUT2D eigenvalue weighted by atomic mass is 16.3. The van der Waals surface area contributed by atoms with E-state index in [1.807, 2.05) is 36.2 Å². The van der Waals surface area contributed by atoms with Crippen LogP contribution in [0.3, 0.4) is 0 Å². The van der Waals surface area contributed by atoms with Gasteiger partial charge < -0.3 is 14.4 Å². The molecule has 2 aromatic heterocycles. The number of pyridine rings is 1. The standard InChI is InChI=1S/C17H15N3O2/c1-20(6-7-21)14-2-3-16-12(8-14)9-17(22-16)15-4-5-19-11-13(15)10-18/h2-5,8-9,11,21H,6-7H2,1H3. The highest BCUT2D eigenvalue weighted by Gasteiger charge is 2.11. The number of aliphatic hydroxyl groups excluding tert-OH is 1. The first kappa shape index (κ1) is 14.1. The van der Waals surface area contributed by atoms with E-state index in [-0.39, 0.29) is 6.61 Å². The Balaban J connectivity index is 2.05. The molecule has 3 rings (SSSR count). The van der Waals surface area contributed by atoms with Crippen LogP contribution in [0.5, 0.6) is 0 Å². The molecule has 22 heavy (non-hydrogen) atoms. The first-order valence-corrected chi connectivity index (χ1v) is 6.93. The number of hydrogen-bond donors (Lipinski definition) is 1. The van der Waals surface area contributed by atoms with Crippen LogP contribution < -0.4 is 4.90 Å². The highest BCUT2D eigenvalue weighted by molar-refractivity contribution is 5.86. The van der Waals surface area contributed by atoms with Crippen molar-refractivity contribution in [2.45, 2.75) is 0 Å². The summed E-state index contributed by atoms with van der Waals surface area (Å²) in [5, 5.41) is 19.2. The molecule has 3 aromatic rings. The summed E-state index contributed by atoms with van der Waals surface area (Å²) in [6.07, 6.45) is 3.17. The summed E-state index contributed by atoms with van der Waals surface area (Å²) in [5.74, 6) is 0.649. The van der Waals surface area contributed by atoms with Crippen LogP contribution in [-0.2, 0) is 0 Å². The van der Waals surface area contributed by atoms with Crippen LogP contribution in [0.2, 0.25) is 0 Å². The number of nitrogens with zero attached hydrogens (tertiary/aromatic N) is 3. The van der Waals surface area contributed by atoms with Crippen molar-refractivity contribution in [3.63, 3.8) is 0 Å². The van der Waals surface area contributed by atoms with E-state index in [1.54, 1.807) is 12.3 Å². The molecular formula is C17H15N3O2. The molecule has 0 radical (unpaired) electrons. The van der Waals surface area contributed by atoms with E-state index in [2.05, 4.69) is 11.1 Å². The fraction of sp³-hybridized carbons (Fsp3) is 0.176. The summed E-state index contributed by atoms with van der Waals surface area (Å²) < 4.78 is 5.84. The van der Waals surface area contributed by atoms with Gasteiger partial charge in [-0.25, -0.2) is 0 Å². The lowest BCUT2D eigenvalue weighted by Gasteiger charge is -2.17. The maximum Gasteiger partial charge on any atom is 0.136 e. The van der Waals surface area contributed by atoms with Gasteiger partial charge in [0.1, 0.15) is 17.4 Å². The van der Waals surface area contributed by atoms with Crippen LogP contribution in [0, 0.1) is 11.3 Å². The maximum atomic E-state index is 9.17. The third kappa shape index (κ3) is 2.52. The first-order valence-electron chi connectivity index (χ1n) is 6.93. The zero-order valence-electron chi connectivity index (χ0n) is 12.2. The lowest BCUT2D eigenvalue weighted by molar-refractivity contribution is 0.304. The number of furan rings is 1. The Bertz CT molecular complexity index is 848. The van der Waals surface area contributed by atoms with E-state index in [4.69, 9.17) is 14.8 Å². The molecule has 0 aliphatic carbocycles. The van der Waals surface area contributed by atoms with Gasteiger partial charge in [-0.3, -0.25) is 4.98 Å². The van der Waals surface area contributed by atoms with Gasteiger partial charge in [-0.05, 0) is 30.3 Å². The largest absolute Gasteiger partial charge is 0.456 e. The van der Waals surface area contributed by atoms with Gasteiger partial charge in [-0.15, -0.1) is 0 Å². The third-order valence-corrected chi connectivity index (χ3v) is 3.58. The van der Waals surface area contributed by atoms with Crippen molar-refractivity contribution in [1.82, 2.24) is 4.98 Å². The SMILES string of the molecule is CN(CCO)c1ccc2oc(-c3ccncc3C#N)cc2c1. The molecule has 5 heteroatoms. The number of hydrogen-bond acceptors (Lipinski definition) is 5. The molecule has 1 N–H and O–H groups in total. The van der Waals surface area contributed by atoms with E-state index >= 15 is 0 Å². The number of anilines is 1. The van der Waals surface area contributed by atoms with E-state index in [1.165, 1.54) is 6.20 Å². The molecule has 5 nitrogen and oxygen atoms in total. The first-order chi connectivity index (χ1) is 10.7. The molecule has 0 bridgehead atoms. The second-order valence-electron chi connectivity index (χ2n) is 5.01. The third-order valence-electron chi connectivity index (χ3n) is 3.58. The summed E-state index contributed by atoms with van der Waals surface area (Å²) in [6.45, 7) is 0.673. The molecule has 0 atom stereocenters. The predicted molar refractivity (Wildman–Crippen MR) is 84.5 cm³/mol. The molecule has 0 spiro atoms. The smallest absolute Gasteiger partial charge is 0.136 e. The van der Waals surface area contributed by atoms with Crippen molar-refractivity contribution in [3.8, 4) is 17.4 Å². The molecule has 0 aliphatic rings. The summed E-state index contributed by atoms with van der Waals surface area (Å²) >= 11 is 0. The van der Waals surface area contributed by atoms with Crippen molar-refractivity contribution in [3.05, 3.63) is 48.3 Å². The second-order valence-corrected chi connectivity index (χ2v) is 5.01. The molecular weight excluding hydrogens is 278 g/mol. The van der Waals surface area contributed by atoms with Crippen LogP contribution in [0.25, 0.3) is 22.3 Å². The molecule has 110 valence electrons.